The molecule has 102 valence electrons. The Bertz CT molecular complexity index is 557. The van der Waals surface area contributed by atoms with E-state index in [-0.39, 0.29) is 5.56 Å². The van der Waals surface area contributed by atoms with E-state index in [1.807, 2.05) is 13.8 Å². The van der Waals surface area contributed by atoms with Crippen molar-refractivity contribution in [1.82, 2.24) is 0 Å². The largest absolute Gasteiger partial charge is 0.597 e. The second-order valence-electron chi connectivity index (χ2n) is 5.41. The first kappa shape index (κ1) is 13.8. The maximum Gasteiger partial charge on any atom is 0.344 e. The highest BCUT2D eigenvalue weighted by molar-refractivity contribution is 6.33. The first-order valence-corrected chi connectivity index (χ1v) is 6.29. The molecular formula is C13H15ClN2O3. The fraction of sp³-hybridized carbons (Fsp3) is 0.462. The van der Waals surface area contributed by atoms with Gasteiger partial charge in [-0.15, -0.1) is 0 Å². The fourth-order valence-electron chi connectivity index (χ4n) is 2.21. The molecule has 1 aliphatic rings. The molecule has 5 nitrogen and oxygen atoms in total. The van der Waals surface area contributed by atoms with Crippen LogP contribution in [0, 0.1) is 5.21 Å². The summed E-state index contributed by atoms with van der Waals surface area (Å²) in [5, 5.41) is 16.0. The number of hydrogen-bond acceptors (Lipinski definition) is 4. The minimum atomic E-state index is -1.29. The van der Waals surface area contributed by atoms with Crippen molar-refractivity contribution in [3.05, 3.63) is 40.1 Å². The lowest BCUT2D eigenvalue weighted by atomic mass is 9.97. The van der Waals surface area contributed by atoms with Crippen LogP contribution in [0.1, 0.15) is 37.6 Å². The monoisotopic (exact) mass is 282 g/mol. The van der Waals surface area contributed by atoms with Crippen molar-refractivity contribution in [2.24, 2.45) is 5.11 Å². The molecule has 0 saturated carbocycles. The molecule has 1 aromatic carbocycles. The molecule has 0 radical (unpaired) electrons. The number of hydroxylamine groups is 1. The summed E-state index contributed by atoms with van der Waals surface area (Å²) in [7, 11) is 0. The van der Waals surface area contributed by atoms with E-state index >= 15 is 0 Å². The lowest BCUT2D eigenvalue weighted by Crippen LogP contribution is -2.39. The second kappa shape index (κ2) is 4.49. The van der Waals surface area contributed by atoms with Gasteiger partial charge in [-0.2, -0.15) is 0 Å². The quantitative estimate of drug-likeness (QED) is 0.474. The summed E-state index contributed by atoms with van der Waals surface area (Å²) in [5.41, 5.74) is -1.60. The number of carbonyl (C=O) groups excluding carboxylic acids is 1. The normalized spacial score (nSPS) is 24.9. The summed E-state index contributed by atoms with van der Waals surface area (Å²) in [6.45, 7) is 5.17. The van der Waals surface area contributed by atoms with Gasteiger partial charge in [-0.1, -0.05) is 28.6 Å². The van der Waals surface area contributed by atoms with Crippen molar-refractivity contribution in [1.29, 1.82) is 0 Å². The van der Waals surface area contributed by atoms with Crippen LogP contribution in [-0.2, 0) is 4.74 Å². The van der Waals surface area contributed by atoms with Crippen LogP contribution in [-0.4, -0.2) is 22.1 Å². The number of azo groups is 1. The van der Waals surface area contributed by atoms with E-state index in [1.54, 1.807) is 31.2 Å². The molecule has 0 N–H and O–H groups in total. The molecule has 1 aromatic rings. The average molecular weight is 283 g/mol. The maximum absolute atomic E-state index is 12.1. The lowest BCUT2D eigenvalue weighted by molar-refractivity contribution is -0.637. The fourth-order valence-corrected chi connectivity index (χ4v) is 2.43. The van der Waals surface area contributed by atoms with Gasteiger partial charge in [0.2, 0.25) is 0 Å². The summed E-state index contributed by atoms with van der Waals surface area (Å²) in [5.74, 6) is -0.623. The van der Waals surface area contributed by atoms with Gasteiger partial charge in [0.1, 0.15) is 5.54 Å². The zero-order valence-electron chi connectivity index (χ0n) is 11.0. The van der Waals surface area contributed by atoms with Gasteiger partial charge in [0, 0.05) is 6.92 Å². The van der Waals surface area contributed by atoms with Crippen molar-refractivity contribution in [2.45, 2.75) is 38.5 Å². The SMILES string of the molecule is CC1(C)CC(C)(OC(=O)c2ccccc2Cl)[N+]([O-])=N1. The van der Waals surface area contributed by atoms with Crippen LogP contribution in [0.4, 0.5) is 0 Å². The Morgan fingerprint density at radius 3 is 2.58 bits per heavy atom. The summed E-state index contributed by atoms with van der Waals surface area (Å²) in [4.78, 5) is 12.5. The molecule has 0 spiro atoms. The van der Waals surface area contributed by atoms with E-state index in [4.69, 9.17) is 16.3 Å². The van der Waals surface area contributed by atoms with Crippen LogP contribution in [0.3, 0.4) is 0 Å². The number of hydrogen-bond donors (Lipinski definition) is 0. The third-order valence-corrected chi connectivity index (χ3v) is 3.26. The summed E-state index contributed by atoms with van der Waals surface area (Å²) < 4.78 is 5.31. The van der Waals surface area contributed by atoms with E-state index in [0.717, 1.165) is 0 Å². The van der Waals surface area contributed by atoms with Crippen LogP contribution >= 0.6 is 11.6 Å². The predicted molar refractivity (Wildman–Crippen MR) is 70.0 cm³/mol. The highest BCUT2D eigenvalue weighted by atomic mass is 35.5. The number of nitrogens with zero attached hydrogens (tertiary/aromatic N) is 2. The zero-order chi connectivity index (χ0) is 14.3. The molecule has 19 heavy (non-hydrogen) atoms. The van der Waals surface area contributed by atoms with Crippen molar-refractivity contribution in [3.63, 3.8) is 0 Å². The third kappa shape index (κ3) is 2.71. The van der Waals surface area contributed by atoms with Gasteiger partial charge in [-0.3, -0.25) is 0 Å². The van der Waals surface area contributed by atoms with Crippen molar-refractivity contribution < 1.29 is 14.4 Å². The molecule has 0 aromatic heterocycles. The Balaban J connectivity index is 2.21. The molecule has 1 heterocycles. The number of halogens is 1. The van der Waals surface area contributed by atoms with Gasteiger partial charge in [0.05, 0.1) is 17.0 Å². The van der Waals surface area contributed by atoms with Gasteiger partial charge in [0.25, 0.3) is 0 Å². The summed E-state index contributed by atoms with van der Waals surface area (Å²) in [6, 6.07) is 6.55. The maximum atomic E-state index is 12.1. The van der Waals surface area contributed by atoms with Crippen molar-refractivity contribution in [3.8, 4) is 0 Å². The molecule has 0 aliphatic carbocycles. The van der Waals surface area contributed by atoms with Gasteiger partial charge in [0.15, 0.2) is 0 Å². The first-order chi connectivity index (χ1) is 8.73. The first-order valence-electron chi connectivity index (χ1n) is 5.92. The van der Waals surface area contributed by atoms with Crippen LogP contribution < -0.4 is 0 Å². The Kier molecular flexibility index (Phi) is 3.26. The van der Waals surface area contributed by atoms with E-state index in [2.05, 4.69) is 5.11 Å². The van der Waals surface area contributed by atoms with E-state index < -0.39 is 17.2 Å². The third-order valence-electron chi connectivity index (χ3n) is 2.93. The Hall–Kier alpha value is -1.62. The molecule has 2 rings (SSSR count). The van der Waals surface area contributed by atoms with Crippen LogP contribution in [0.5, 0.6) is 0 Å². The number of ether oxygens (including phenoxy) is 1. The van der Waals surface area contributed by atoms with Crippen LogP contribution in [0.2, 0.25) is 5.02 Å². The minimum absolute atomic E-state index is 0.239. The van der Waals surface area contributed by atoms with E-state index in [9.17, 15) is 10.0 Å². The Labute approximate surface area is 116 Å². The van der Waals surface area contributed by atoms with E-state index in [1.165, 1.54) is 0 Å². The average Bonchev–Trinajstić information content (AvgIpc) is 2.47. The van der Waals surface area contributed by atoms with Crippen LogP contribution in [0.15, 0.2) is 29.4 Å². The molecule has 1 atom stereocenters. The van der Waals surface area contributed by atoms with Crippen molar-refractivity contribution >= 4 is 17.6 Å². The number of rotatable bonds is 2. The topological polar surface area (TPSA) is 64.7 Å². The summed E-state index contributed by atoms with van der Waals surface area (Å²) >= 11 is 5.93. The molecule has 0 fully saturated rings. The highest BCUT2D eigenvalue weighted by Crippen LogP contribution is 2.35. The molecule has 6 heteroatoms. The van der Waals surface area contributed by atoms with Gasteiger partial charge in [-0.05, 0) is 31.1 Å². The molecule has 0 amide bonds. The summed E-state index contributed by atoms with van der Waals surface area (Å²) in [6.07, 6.45) is 0.333. The smallest absolute Gasteiger partial charge is 0.344 e. The number of benzene rings is 1. The molecule has 1 unspecified atom stereocenters. The minimum Gasteiger partial charge on any atom is -0.597 e. The molecule has 0 saturated heterocycles. The molecule has 0 bridgehead atoms. The Morgan fingerprint density at radius 1 is 1.42 bits per heavy atom. The standard InChI is InChI=1S/C13H15ClN2O3/c1-12(2)8-13(3,16(18)15-12)19-11(17)9-6-4-5-7-10(9)14/h4-7H,8H2,1-3H3. The lowest BCUT2D eigenvalue weighted by Gasteiger charge is -2.21. The number of esters is 1. The highest BCUT2D eigenvalue weighted by Gasteiger charge is 2.52. The number of carbonyl (C=O) groups is 1. The Morgan fingerprint density at radius 2 is 2.05 bits per heavy atom. The second-order valence-corrected chi connectivity index (χ2v) is 5.81. The van der Waals surface area contributed by atoms with Crippen molar-refractivity contribution in [2.75, 3.05) is 0 Å². The van der Waals surface area contributed by atoms with Gasteiger partial charge < -0.3 is 9.94 Å². The molecular weight excluding hydrogens is 268 g/mol. The van der Waals surface area contributed by atoms with Crippen LogP contribution in [0.25, 0.3) is 0 Å². The van der Waals surface area contributed by atoms with Gasteiger partial charge >= 0.3 is 11.7 Å². The van der Waals surface area contributed by atoms with Gasteiger partial charge in [-0.25, -0.2) is 4.79 Å². The predicted octanol–water partition coefficient (Wildman–Crippen LogP) is 3.36. The zero-order valence-corrected chi connectivity index (χ0v) is 11.8. The van der Waals surface area contributed by atoms with E-state index in [0.29, 0.717) is 16.3 Å². The molecule has 1 aliphatic heterocycles.